The number of anilines is 1. The minimum Gasteiger partial charge on any atom is -0.477 e. The van der Waals surface area contributed by atoms with E-state index in [0.717, 1.165) is 19.3 Å². The number of nitro groups is 1. The van der Waals surface area contributed by atoms with Crippen LogP contribution < -0.4 is 5.32 Å². The summed E-state index contributed by atoms with van der Waals surface area (Å²) in [6.45, 7) is 0.424. The first-order valence-corrected chi connectivity index (χ1v) is 6.29. The highest BCUT2D eigenvalue weighted by molar-refractivity contribution is 5.95. The Bertz CT molecular complexity index is 534. The van der Waals surface area contributed by atoms with E-state index >= 15 is 0 Å². The van der Waals surface area contributed by atoms with E-state index in [1.54, 1.807) is 7.11 Å². The molecule has 0 bridgehead atoms. The lowest BCUT2D eigenvalue weighted by molar-refractivity contribution is -0.384. The lowest BCUT2D eigenvalue weighted by Crippen LogP contribution is -2.45. The normalized spacial score (nSPS) is 16.2. The summed E-state index contributed by atoms with van der Waals surface area (Å²) >= 11 is 0. The Kier molecular flexibility index (Phi) is 3.89. The fourth-order valence-corrected chi connectivity index (χ4v) is 2.34. The van der Waals surface area contributed by atoms with Gasteiger partial charge >= 0.3 is 11.7 Å². The zero-order valence-corrected chi connectivity index (χ0v) is 11.1. The van der Waals surface area contributed by atoms with Gasteiger partial charge in [-0.2, -0.15) is 0 Å². The number of nitro benzene ring substituents is 1. The Balaban J connectivity index is 2.25. The molecule has 0 atom stereocenters. The predicted molar refractivity (Wildman–Crippen MR) is 72.1 cm³/mol. The number of nitrogens with one attached hydrogen (secondary N) is 1. The maximum Gasteiger partial charge on any atom is 0.342 e. The number of para-hydroxylation sites is 1. The summed E-state index contributed by atoms with van der Waals surface area (Å²) in [6, 6.07) is 4.21. The van der Waals surface area contributed by atoms with E-state index < -0.39 is 16.6 Å². The lowest BCUT2D eigenvalue weighted by atomic mass is 9.80. The minimum atomic E-state index is -1.31. The van der Waals surface area contributed by atoms with E-state index in [2.05, 4.69) is 5.32 Å². The summed E-state index contributed by atoms with van der Waals surface area (Å²) in [5.74, 6) is -1.31. The molecule has 1 fully saturated rings. The smallest absolute Gasteiger partial charge is 0.342 e. The molecule has 1 aromatic carbocycles. The molecule has 1 aliphatic rings. The zero-order valence-electron chi connectivity index (χ0n) is 11.1. The number of benzene rings is 1. The third-order valence-corrected chi connectivity index (χ3v) is 3.75. The zero-order chi connectivity index (χ0) is 14.8. The van der Waals surface area contributed by atoms with Crippen LogP contribution in [0.5, 0.6) is 0 Å². The molecule has 1 aliphatic carbocycles. The Morgan fingerprint density at radius 2 is 2.25 bits per heavy atom. The largest absolute Gasteiger partial charge is 0.477 e. The van der Waals surface area contributed by atoms with Crippen LogP contribution in [-0.4, -0.2) is 35.3 Å². The molecule has 0 spiro atoms. The van der Waals surface area contributed by atoms with Crippen molar-refractivity contribution in [2.75, 3.05) is 19.0 Å². The molecule has 20 heavy (non-hydrogen) atoms. The molecule has 0 saturated heterocycles. The van der Waals surface area contributed by atoms with Gasteiger partial charge in [-0.3, -0.25) is 10.1 Å². The number of carboxylic acid groups (broad SMARTS) is 1. The van der Waals surface area contributed by atoms with Crippen molar-refractivity contribution in [2.24, 2.45) is 0 Å². The highest BCUT2D eigenvalue weighted by Crippen LogP contribution is 2.36. The van der Waals surface area contributed by atoms with Gasteiger partial charge in [0.05, 0.1) is 10.5 Å². The maximum atomic E-state index is 11.1. The van der Waals surface area contributed by atoms with Crippen molar-refractivity contribution >= 4 is 17.3 Å². The first kappa shape index (κ1) is 14.3. The van der Waals surface area contributed by atoms with Crippen molar-refractivity contribution < 1.29 is 19.6 Å². The van der Waals surface area contributed by atoms with E-state index in [9.17, 15) is 14.9 Å². The molecular formula is C13H16N2O5. The fourth-order valence-electron chi connectivity index (χ4n) is 2.34. The highest BCUT2D eigenvalue weighted by atomic mass is 16.6. The van der Waals surface area contributed by atoms with E-state index in [1.165, 1.54) is 18.2 Å². The first-order valence-electron chi connectivity index (χ1n) is 6.29. The van der Waals surface area contributed by atoms with Crippen LogP contribution in [0.15, 0.2) is 18.2 Å². The topological polar surface area (TPSA) is 102 Å². The molecule has 0 radical (unpaired) electrons. The quantitative estimate of drug-likeness (QED) is 0.612. The molecule has 2 N–H and O–H groups in total. The van der Waals surface area contributed by atoms with Crippen LogP contribution in [0.25, 0.3) is 0 Å². The van der Waals surface area contributed by atoms with Gasteiger partial charge < -0.3 is 15.2 Å². The van der Waals surface area contributed by atoms with Crippen LogP contribution in [0.4, 0.5) is 11.4 Å². The number of rotatable bonds is 6. The molecule has 7 nitrogen and oxygen atoms in total. The van der Waals surface area contributed by atoms with Gasteiger partial charge in [0.1, 0.15) is 11.3 Å². The Labute approximate surface area is 115 Å². The van der Waals surface area contributed by atoms with Crippen LogP contribution in [0.1, 0.15) is 29.6 Å². The third-order valence-electron chi connectivity index (χ3n) is 3.75. The Morgan fingerprint density at radius 1 is 1.55 bits per heavy atom. The van der Waals surface area contributed by atoms with Gasteiger partial charge in [-0.1, -0.05) is 6.07 Å². The number of carbonyl (C=O) groups is 1. The predicted octanol–water partition coefficient (Wildman–Crippen LogP) is 2.27. The number of methoxy groups -OCH3 is 1. The molecule has 1 aromatic rings. The van der Waals surface area contributed by atoms with Crippen molar-refractivity contribution in [3.05, 3.63) is 33.9 Å². The highest BCUT2D eigenvalue weighted by Gasteiger charge is 2.37. The SMILES string of the molecule is COC1(CNc2cccc(C(=O)O)c2[N+](=O)[O-])CCC1. The second kappa shape index (κ2) is 5.46. The standard InChI is InChI=1S/C13H16N2O5/c1-20-13(6-3-7-13)8-14-10-5-2-4-9(12(16)17)11(10)15(18)19/h2,4-5,14H,3,6-8H2,1H3,(H,16,17). The van der Waals surface area contributed by atoms with Crippen LogP contribution in [0, 0.1) is 10.1 Å². The number of hydrogen-bond acceptors (Lipinski definition) is 5. The van der Waals surface area contributed by atoms with Crippen molar-refractivity contribution in [1.82, 2.24) is 0 Å². The fraction of sp³-hybridized carbons (Fsp3) is 0.462. The summed E-state index contributed by atoms with van der Waals surface area (Å²) in [4.78, 5) is 21.5. The maximum absolute atomic E-state index is 11.1. The second-order valence-corrected chi connectivity index (χ2v) is 4.86. The van der Waals surface area contributed by atoms with Crippen LogP contribution >= 0.6 is 0 Å². The molecule has 0 amide bonds. The Hall–Kier alpha value is -2.15. The Morgan fingerprint density at radius 3 is 2.70 bits per heavy atom. The molecule has 0 unspecified atom stereocenters. The molecular weight excluding hydrogens is 264 g/mol. The first-order chi connectivity index (χ1) is 9.49. The van der Waals surface area contributed by atoms with Gasteiger partial charge in [0.2, 0.25) is 0 Å². The minimum absolute atomic E-state index is 0.207. The van der Waals surface area contributed by atoms with E-state index in [-0.39, 0.29) is 16.9 Å². The summed E-state index contributed by atoms with van der Waals surface area (Å²) in [7, 11) is 1.61. The van der Waals surface area contributed by atoms with Gasteiger partial charge in [0.25, 0.3) is 0 Å². The van der Waals surface area contributed by atoms with Crippen molar-refractivity contribution in [2.45, 2.75) is 24.9 Å². The van der Waals surface area contributed by atoms with Crippen LogP contribution in [0.3, 0.4) is 0 Å². The molecule has 0 aromatic heterocycles. The van der Waals surface area contributed by atoms with Gasteiger partial charge in [0, 0.05) is 13.7 Å². The van der Waals surface area contributed by atoms with Crippen LogP contribution in [0.2, 0.25) is 0 Å². The van der Waals surface area contributed by atoms with Gasteiger partial charge in [0.15, 0.2) is 0 Å². The number of aromatic carboxylic acids is 1. The third kappa shape index (κ3) is 2.57. The number of hydrogen-bond donors (Lipinski definition) is 2. The van der Waals surface area contributed by atoms with Crippen molar-refractivity contribution in [3.63, 3.8) is 0 Å². The summed E-state index contributed by atoms with van der Waals surface area (Å²) < 4.78 is 5.42. The molecule has 108 valence electrons. The van der Waals surface area contributed by atoms with E-state index in [0.29, 0.717) is 6.54 Å². The lowest BCUT2D eigenvalue weighted by Gasteiger charge is -2.40. The number of ether oxygens (including phenoxy) is 1. The molecule has 0 aliphatic heterocycles. The number of carboxylic acids is 1. The summed E-state index contributed by atoms with van der Waals surface area (Å²) in [5, 5.41) is 23.1. The average Bonchev–Trinajstić information content (AvgIpc) is 2.37. The van der Waals surface area contributed by atoms with E-state index in [4.69, 9.17) is 9.84 Å². The van der Waals surface area contributed by atoms with Gasteiger partial charge in [-0.05, 0) is 31.4 Å². The molecule has 7 heteroatoms. The second-order valence-electron chi connectivity index (χ2n) is 4.86. The summed E-state index contributed by atoms with van der Waals surface area (Å²) in [5.41, 5.74) is -0.823. The summed E-state index contributed by atoms with van der Waals surface area (Å²) in [6.07, 6.45) is 2.85. The van der Waals surface area contributed by atoms with Crippen molar-refractivity contribution in [1.29, 1.82) is 0 Å². The molecule has 2 rings (SSSR count). The van der Waals surface area contributed by atoms with Crippen LogP contribution in [-0.2, 0) is 4.74 Å². The van der Waals surface area contributed by atoms with Gasteiger partial charge in [-0.25, -0.2) is 4.79 Å². The average molecular weight is 280 g/mol. The monoisotopic (exact) mass is 280 g/mol. The number of nitrogens with zero attached hydrogens (tertiary/aromatic N) is 1. The molecule has 1 saturated carbocycles. The van der Waals surface area contributed by atoms with E-state index in [1.807, 2.05) is 0 Å². The van der Waals surface area contributed by atoms with Crippen molar-refractivity contribution in [3.8, 4) is 0 Å². The molecule has 0 heterocycles. The van der Waals surface area contributed by atoms with Gasteiger partial charge in [-0.15, -0.1) is 0 Å².